The molecule has 1 aromatic heterocycles. The van der Waals surface area contributed by atoms with Gasteiger partial charge in [0.25, 0.3) is 11.8 Å². The fraction of sp³-hybridized carbons (Fsp3) is 0.167. The first-order valence-electron chi connectivity index (χ1n) is 15.3. The van der Waals surface area contributed by atoms with E-state index in [1.165, 1.54) is 5.69 Å². The van der Waals surface area contributed by atoms with E-state index in [9.17, 15) is 9.59 Å². The van der Waals surface area contributed by atoms with E-state index in [2.05, 4.69) is 61.2 Å². The van der Waals surface area contributed by atoms with Gasteiger partial charge < -0.3 is 31.5 Å². The van der Waals surface area contributed by atoms with Crippen LogP contribution in [0.2, 0.25) is 0 Å². The number of benzene rings is 4. The van der Waals surface area contributed by atoms with Gasteiger partial charge >= 0.3 is 0 Å². The van der Waals surface area contributed by atoms with Crippen molar-refractivity contribution >= 4 is 40.6 Å². The van der Waals surface area contributed by atoms with Crippen molar-refractivity contribution in [3.63, 3.8) is 0 Å². The van der Waals surface area contributed by atoms with E-state index in [1.807, 2.05) is 54.6 Å². The van der Waals surface area contributed by atoms with Gasteiger partial charge in [0.15, 0.2) is 0 Å². The molecule has 10 heteroatoms. The van der Waals surface area contributed by atoms with Gasteiger partial charge in [-0.3, -0.25) is 9.59 Å². The van der Waals surface area contributed by atoms with Crippen molar-refractivity contribution < 1.29 is 9.59 Å². The molecule has 1 saturated heterocycles. The van der Waals surface area contributed by atoms with Gasteiger partial charge in [0.1, 0.15) is 11.9 Å². The van der Waals surface area contributed by atoms with Gasteiger partial charge in [0, 0.05) is 61.5 Å². The molecule has 7 rings (SSSR count). The Morgan fingerprint density at radius 1 is 0.848 bits per heavy atom. The average molecular weight is 611 g/mol. The zero-order chi connectivity index (χ0) is 31.5. The molecule has 1 atom stereocenters. The number of nitrogen functional groups attached to an aromatic ring is 1. The number of hydrogen-bond acceptors (Lipinski definition) is 8. The second-order valence-electron chi connectivity index (χ2n) is 11.4. The molecule has 5 N–H and O–H groups in total. The number of carbonyl (C=O) groups is 2. The molecule has 0 saturated carbocycles. The molecule has 10 nitrogen and oxygen atoms in total. The van der Waals surface area contributed by atoms with E-state index in [1.54, 1.807) is 29.3 Å². The molecule has 0 aliphatic carbocycles. The maximum atomic E-state index is 14.0. The summed E-state index contributed by atoms with van der Waals surface area (Å²) in [5, 5.41) is 9.58. The summed E-state index contributed by atoms with van der Waals surface area (Å²) in [5.41, 5.74) is 12.5. The minimum atomic E-state index is -0.815. The van der Waals surface area contributed by atoms with Crippen LogP contribution in [0, 0.1) is 0 Å². The van der Waals surface area contributed by atoms with Crippen LogP contribution in [-0.4, -0.2) is 52.9 Å². The number of carbonyl (C=O) groups excluding carboxylic acids is 2. The normalized spacial score (nSPS) is 14.9. The molecule has 1 unspecified atom stereocenters. The second-order valence-corrected chi connectivity index (χ2v) is 11.4. The summed E-state index contributed by atoms with van der Waals surface area (Å²) < 4.78 is 0. The topological polar surface area (TPSA) is 129 Å². The second kappa shape index (κ2) is 12.7. The largest absolute Gasteiger partial charge is 0.369 e. The summed E-state index contributed by atoms with van der Waals surface area (Å²) >= 11 is 0. The minimum absolute atomic E-state index is 0.165. The lowest BCUT2D eigenvalue weighted by Crippen LogP contribution is -2.43. The molecule has 2 aliphatic rings. The zero-order valence-electron chi connectivity index (χ0n) is 25.2. The van der Waals surface area contributed by atoms with Crippen molar-refractivity contribution in [1.82, 2.24) is 20.2 Å². The summed E-state index contributed by atoms with van der Waals surface area (Å²) in [6, 6.07) is 32.1. The Morgan fingerprint density at radius 3 is 2.30 bits per heavy atom. The number of anilines is 5. The summed E-state index contributed by atoms with van der Waals surface area (Å²) in [6.07, 6.45) is 1.58. The monoisotopic (exact) mass is 610 g/mol. The van der Waals surface area contributed by atoms with Crippen LogP contribution in [0.1, 0.15) is 27.5 Å². The van der Waals surface area contributed by atoms with E-state index in [4.69, 9.17) is 5.73 Å². The first-order valence-corrected chi connectivity index (χ1v) is 15.3. The Hall–Kier alpha value is -5.74. The Labute approximate surface area is 267 Å². The van der Waals surface area contributed by atoms with Crippen molar-refractivity contribution in [1.29, 1.82) is 0 Å². The molecule has 0 bridgehead atoms. The number of piperazine rings is 1. The molecule has 2 amide bonds. The smallest absolute Gasteiger partial charge is 0.255 e. The molecule has 3 heterocycles. The highest BCUT2D eigenvalue weighted by atomic mass is 16.2. The van der Waals surface area contributed by atoms with Crippen molar-refractivity contribution in [2.45, 2.75) is 12.6 Å². The molecule has 1 fully saturated rings. The SMILES string of the molecule is Nc1nccc(Nc2ccc(NC(=O)C(c3ccccc3)N3Cc4ccc(-c5ccc(N6CCNCC6)cc5)cc4C3=O)cc2)n1. The average Bonchev–Trinajstić information content (AvgIpc) is 3.41. The number of fused-ring (bicyclic) bond motifs is 1. The maximum Gasteiger partial charge on any atom is 0.255 e. The van der Waals surface area contributed by atoms with E-state index in [-0.39, 0.29) is 17.8 Å². The maximum absolute atomic E-state index is 14.0. The number of nitrogens with one attached hydrogen (secondary N) is 3. The predicted octanol–water partition coefficient (Wildman–Crippen LogP) is 5.21. The van der Waals surface area contributed by atoms with Crippen molar-refractivity contribution in [2.24, 2.45) is 0 Å². The minimum Gasteiger partial charge on any atom is -0.369 e. The van der Waals surface area contributed by atoms with Gasteiger partial charge in [-0.15, -0.1) is 0 Å². The fourth-order valence-corrected chi connectivity index (χ4v) is 6.05. The number of amides is 2. The van der Waals surface area contributed by atoms with Crippen LogP contribution in [-0.2, 0) is 11.3 Å². The standard InChI is InChI=1S/C36H34N8O2/c37-36-39-17-16-32(42-36)40-28-10-12-29(13-11-28)41-34(45)33(25-4-2-1-3-5-25)44-23-27-7-6-26(22-31(27)35(44)46)24-8-14-30(15-9-24)43-20-18-38-19-21-43/h1-17,22,33,38H,18-21,23H2,(H,41,45)(H3,37,39,40,42). The molecule has 4 aromatic carbocycles. The van der Waals surface area contributed by atoms with Crippen LogP contribution in [0.5, 0.6) is 0 Å². The highest BCUT2D eigenvalue weighted by Gasteiger charge is 2.37. The van der Waals surface area contributed by atoms with Gasteiger partial charge in [-0.05, 0) is 70.8 Å². The third-order valence-corrected chi connectivity index (χ3v) is 8.40. The van der Waals surface area contributed by atoms with Crippen LogP contribution in [0.25, 0.3) is 11.1 Å². The Kier molecular flexibility index (Phi) is 8.01. The van der Waals surface area contributed by atoms with Crippen LogP contribution in [0.15, 0.2) is 109 Å². The van der Waals surface area contributed by atoms with Crippen LogP contribution in [0.3, 0.4) is 0 Å². The molecular formula is C36H34N8O2. The van der Waals surface area contributed by atoms with E-state index in [0.29, 0.717) is 23.6 Å². The lowest BCUT2D eigenvalue weighted by Gasteiger charge is -2.29. The number of aromatic nitrogens is 2. The number of rotatable bonds is 8. The van der Waals surface area contributed by atoms with Gasteiger partial charge in [0.2, 0.25) is 5.95 Å². The van der Waals surface area contributed by atoms with Crippen molar-refractivity contribution in [3.05, 3.63) is 126 Å². The molecule has 46 heavy (non-hydrogen) atoms. The van der Waals surface area contributed by atoms with E-state index < -0.39 is 6.04 Å². The molecule has 0 spiro atoms. The third kappa shape index (κ3) is 6.11. The Bertz CT molecular complexity index is 1860. The Balaban J connectivity index is 1.09. The van der Waals surface area contributed by atoms with Crippen LogP contribution >= 0.6 is 0 Å². The first-order chi connectivity index (χ1) is 22.5. The van der Waals surface area contributed by atoms with Crippen molar-refractivity contribution in [2.75, 3.05) is 47.4 Å². The van der Waals surface area contributed by atoms with Gasteiger partial charge in [-0.1, -0.05) is 54.6 Å². The molecule has 0 radical (unpaired) electrons. The highest BCUT2D eigenvalue weighted by Crippen LogP contribution is 2.35. The summed E-state index contributed by atoms with van der Waals surface area (Å²) in [7, 11) is 0. The molecule has 230 valence electrons. The fourth-order valence-electron chi connectivity index (χ4n) is 6.05. The van der Waals surface area contributed by atoms with Gasteiger partial charge in [0.05, 0.1) is 0 Å². The molecule has 2 aliphatic heterocycles. The lowest BCUT2D eigenvalue weighted by molar-refractivity contribution is -0.120. The van der Waals surface area contributed by atoms with Crippen LogP contribution < -0.4 is 26.6 Å². The highest BCUT2D eigenvalue weighted by molar-refractivity contribution is 6.04. The zero-order valence-corrected chi connectivity index (χ0v) is 25.2. The van der Waals surface area contributed by atoms with E-state index in [0.717, 1.165) is 54.1 Å². The number of nitrogens with zero attached hydrogens (tertiary/aromatic N) is 4. The molecular weight excluding hydrogens is 576 g/mol. The van der Waals surface area contributed by atoms with Gasteiger partial charge in [-0.2, -0.15) is 4.98 Å². The third-order valence-electron chi connectivity index (χ3n) is 8.40. The van der Waals surface area contributed by atoms with Crippen LogP contribution in [0.4, 0.5) is 28.8 Å². The Morgan fingerprint density at radius 2 is 1.57 bits per heavy atom. The summed E-state index contributed by atoms with van der Waals surface area (Å²) in [5.74, 6) is 0.286. The lowest BCUT2D eigenvalue weighted by atomic mass is 10.00. The summed E-state index contributed by atoms with van der Waals surface area (Å²) in [4.78, 5) is 40.0. The van der Waals surface area contributed by atoms with Gasteiger partial charge in [-0.25, -0.2) is 4.98 Å². The summed E-state index contributed by atoms with van der Waals surface area (Å²) in [6.45, 7) is 4.28. The number of hydrogen-bond donors (Lipinski definition) is 4. The first kappa shape index (κ1) is 29.0. The quantitative estimate of drug-likeness (QED) is 0.188. The molecule has 5 aromatic rings. The van der Waals surface area contributed by atoms with E-state index >= 15 is 0 Å². The van der Waals surface area contributed by atoms with Crippen molar-refractivity contribution in [3.8, 4) is 11.1 Å². The number of nitrogens with two attached hydrogens (primary N) is 1. The predicted molar refractivity (Wildman–Crippen MR) is 181 cm³/mol.